The van der Waals surface area contributed by atoms with Crippen LogP contribution in [0.3, 0.4) is 0 Å². The van der Waals surface area contributed by atoms with E-state index in [1.807, 2.05) is 45.0 Å². The quantitative estimate of drug-likeness (QED) is 0.887. The smallest absolute Gasteiger partial charge is 0.315 e. The minimum atomic E-state index is -0.346. The molecule has 7 heteroatoms. The number of para-hydroxylation sites is 1. The van der Waals surface area contributed by atoms with Gasteiger partial charge in [-0.1, -0.05) is 30.3 Å². The first kappa shape index (κ1) is 17.3. The molecule has 3 rings (SSSR count). The van der Waals surface area contributed by atoms with Gasteiger partial charge in [-0.2, -0.15) is 4.98 Å². The highest BCUT2D eigenvalue weighted by Gasteiger charge is 2.34. The number of benzene rings is 1. The highest BCUT2D eigenvalue weighted by Crippen LogP contribution is 2.39. The van der Waals surface area contributed by atoms with Crippen molar-refractivity contribution in [1.82, 2.24) is 20.8 Å². The second-order valence-corrected chi connectivity index (χ2v) is 6.91. The van der Waals surface area contributed by atoms with E-state index in [9.17, 15) is 4.79 Å². The van der Waals surface area contributed by atoms with Crippen LogP contribution in [0.1, 0.15) is 63.0 Å². The van der Waals surface area contributed by atoms with Crippen LogP contribution in [-0.4, -0.2) is 21.8 Å². The summed E-state index contributed by atoms with van der Waals surface area (Å²) in [7, 11) is 0. The van der Waals surface area contributed by atoms with Crippen LogP contribution in [0.4, 0.5) is 4.79 Å². The molecule has 1 aromatic heterocycles. The van der Waals surface area contributed by atoms with Crippen molar-refractivity contribution in [3.05, 3.63) is 41.5 Å². The lowest BCUT2D eigenvalue weighted by Gasteiger charge is -2.38. The Kier molecular flexibility index (Phi) is 4.65. The Morgan fingerprint density at radius 3 is 2.84 bits per heavy atom. The summed E-state index contributed by atoms with van der Waals surface area (Å²) < 4.78 is 11.0. The summed E-state index contributed by atoms with van der Waals surface area (Å²) in [6, 6.07) is 7.12. The van der Waals surface area contributed by atoms with Gasteiger partial charge >= 0.3 is 6.03 Å². The Morgan fingerprint density at radius 2 is 2.16 bits per heavy atom. The van der Waals surface area contributed by atoms with E-state index in [1.54, 1.807) is 6.92 Å². The van der Waals surface area contributed by atoms with Crippen molar-refractivity contribution in [2.24, 2.45) is 0 Å². The Balaban J connectivity index is 1.72. The van der Waals surface area contributed by atoms with E-state index >= 15 is 0 Å². The number of ether oxygens (including phenoxy) is 1. The molecule has 25 heavy (non-hydrogen) atoms. The van der Waals surface area contributed by atoms with E-state index < -0.39 is 0 Å². The van der Waals surface area contributed by atoms with Crippen LogP contribution in [0, 0.1) is 6.92 Å². The predicted octanol–water partition coefficient (Wildman–Crippen LogP) is 3.43. The molecule has 2 amide bonds. The van der Waals surface area contributed by atoms with Crippen molar-refractivity contribution in [3.8, 4) is 5.75 Å². The average molecular weight is 344 g/mol. The number of hydrogen-bond donors (Lipinski definition) is 2. The van der Waals surface area contributed by atoms with Crippen LogP contribution >= 0.6 is 0 Å². The molecule has 1 aromatic carbocycles. The molecule has 0 radical (unpaired) electrons. The number of nitrogens with one attached hydrogen (secondary N) is 2. The Hall–Kier alpha value is -2.57. The lowest BCUT2D eigenvalue weighted by molar-refractivity contribution is 0.0678. The predicted molar refractivity (Wildman–Crippen MR) is 92.2 cm³/mol. The van der Waals surface area contributed by atoms with Crippen LogP contribution in [0.15, 0.2) is 28.8 Å². The number of rotatable bonds is 4. The molecule has 0 bridgehead atoms. The normalized spacial score (nSPS) is 19.4. The average Bonchev–Trinajstić information content (AvgIpc) is 2.98. The molecule has 134 valence electrons. The Labute approximate surface area is 147 Å². The van der Waals surface area contributed by atoms with Gasteiger partial charge in [-0.25, -0.2) is 4.79 Å². The highest BCUT2D eigenvalue weighted by molar-refractivity contribution is 5.75. The molecule has 2 heterocycles. The fourth-order valence-electron chi connectivity index (χ4n) is 3.09. The first-order chi connectivity index (χ1) is 11.9. The maximum absolute atomic E-state index is 12.5. The zero-order valence-corrected chi connectivity index (χ0v) is 15.0. The van der Waals surface area contributed by atoms with E-state index in [4.69, 9.17) is 9.26 Å². The van der Waals surface area contributed by atoms with Crippen molar-refractivity contribution < 1.29 is 14.1 Å². The van der Waals surface area contributed by atoms with Gasteiger partial charge in [-0.15, -0.1) is 0 Å². The third kappa shape index (κ3) is 3.92. The first-order valence-electron chi connectivity index (χ1n) is 8.53. The summed E-state index contributed by atoms with van der Waals surface area (Å²) in [5.74, 6) is 1.78. The molecule has 0 saturated carbocycles. The molecule has 0 aliphatic carbocycles. The first-order valence-corrected chi connectivity index (χ1v) is 8.53. The summed E-state index contributed by atoms with van der Waals surface area (Å²) in [5, 5.41) is 9.88. The number of aryl methyl sites for hydroxylation is 1. The second kappa shape index (κ2) is 6.74. The van der Waals surface area contributed by atoms with Gasteiger partial charge in [0, 0.05) is 18.9 Å². The fourth-order valence-corrected chi connectivity index (χ4v) is 3.09. The molecule has 0 saturated heterocycles. The maximum atomic E-state index is 12.5. The summed E-state index contributed by atoms with van der Waals surface area (Å²) in [6.07, 6.45) is 1.36. The monoisotopic (exact) mass is 344 g/mol. The van der Waals surface area contributed by atoms with Crippen LogP contribution < -0.4 is 15.4 Å². The molecule has 0 unspecified atom stereocenters. The molecule has 1 aliphatic rings. The number of nitrogens with zero attached hydrogens (tertiary/aromatic N) is 2. The minimum Gasteiger partial charge on any atom is -0.487 e. The number of amides is 2. The lowest BCUT2D eigenvalue weighted by Crippen LogP contribution is -2.45. The number of carbonyl (C=O) groups is 1. The molecule has 7 nitrogen and oxygen atoms in total. The van der Waals surface area contributed by atoms with E-state index in [0.717, 1.165) is 11.3 Å². The van der Waals surface area contributed by atoms with Gasteiger partial charge in [0.2, 0.25) is 5.89 Å². The standard InChI is InChI=1S/C18H24N4O3/c1-5-13(16-19-11(2)25-22-16)20-17(23)21-14-10-18(3,4)24-15-9-7-6-8-12(14)15/h6-9,13-14H,5,10H2,1-4H3,(H2,20,21,23)/t13-,14-/m0/s1. The zero-order valence-electron chi connectivity index (χ0n) is 15.0. The van der Waals surface area contributed by atoms with Crippen LogP contribution in [-0.2, 0) is 0 Å². The summed E-state index contributed by atoms with van der Waals surface area (Å²) in [5.41, 5.74) is 0.641. The van der Waals surface area contributed by atoms with Crippen molar-refractivity contribution in [1.29, 1.82) is 0 Å². The highest BCUT2D eigenvalue weighted by atomic mass is 16.5. The van der Waals surface area contributed by atoms with E-state index in [-0.39, 0.29) is 23.7 Å². The van der Waals surface area contributed by atoms with Crippen molar-refractivity contribution in [3.63, 3.8) is 0 Å². The van der Waals surface area contributed by atoms with E-state index in [2.05, 4.69) is 20.8 Å². The number of aromatic nitrogens is 2. The van der Waals surface area contributed by atoms with Crippen molar-refractivity contribution >= 4 is 6.03 Å². The van der Waals surface area contributed by atoms with Gasteiger partial charge in [-0.05, 0) is 26.3 Å². The third-order valence-electron chi connectivity index (χ3n) is 4.25. The van der Waals surface area contributed by atoms with E-state index in [1.165, 1.54) is 0 Å². The topological polar surface area (TPSA) is 89.3 Å². The summed E-state index contributed by atoms with van der Waals surface area (Å²) in [6.45, 7) is 7.73. The number of hydrogen-bond acceptors (Lipinski definition) is 5. The lowest BCUT2D eigenvalue weighted by atomic mass is 9.90. The third-order valence-corrected chi connectivity index (χ3v) is 4.25. The molecule has 2 aromatic rings. The summed E-state index contributed by atoms with van der Waals surface area (Å²) in [4.78, 5) is 16.7. The number of urea groups is 1. The van der Waals surface area contributed by atoms with Crippen molar-refractivity contribution in [2.45, 2.75) is 58.2 Å². The van der Waals surface area contributed by atoms with Gasteiger partial charge in [0.1, 0.15) is 11.4 Å². The van der Waals surface area contributed by atoms with Crippen molar-refractivity contribution in [2.75, 3.05) is 0 Å². The van der Waals surface area contributed by atoms with Gasteiger partial charge < -0.3 is 19.9 Å². The van der Waals surface area contributed by atoms with Gasteiger partial charge in [0.25, 0.3) is 0 Å². The van der Waals surface area contributed by atoms with Crippen LogP contribution in [0.5, 0.6) is 5.75 Å². The second-order valence-electron chi connectivity index (χ2n) is 6.91. The number of fused-ring (bicyclic) bond motifs is 1. The Bertz CT molecular complexity index is 756. The van der Waals surface area contributed by atoms with E-state index in [0.29, 0.717) is 24.6 Å². The fraction of sp³-hybridized carbons (Fsp3) is 0.500. The molecular weight excluding hydrogens is 320 g/mol. The van der Waals surface area contributed by atoms with Crippen LogP contribution in [0.25, 0.3) is 0 Å². The molecular formula is C18H24N4O3. The summed E-state index contributed by atoms with van der Waals surface area (Å²) >= 11 is 0. The SMILES string of the molecule is CC[C@H](NC(=O)N[C@H]1CC(C)(C)Oc2ccccc21)c1noc(C)n1. The molecule has 2 atom stereocenters. The molecule has 2 N–H and O–H groups in total. The largest absolute Gasteiger partial charge is 0.487 e. The maximum Gasteiger partial charge on any atom is 0.315 e. The Morgan fingerprint density at radius 1 is 1.40 bits per heavy atom. The number of carbonyl (C=O) groups excluding carboxylic acids is 1. The van der Waals surface area contributed by atoms with Crippen LogP contribution in [0.2, 0.25) is 0 Å². The molecule has 0 spiro atoms. The van der Waals surface area contributed by atoms with Gasteiger partial charge in [0.05, 0.1) is 12.1 Å². The molecule has 0 fully saturated rings. The zero-order chi connectivity index (χ0) is 18.0. The van der Waals surface area contributed by atoms with Gasteiger partial charge in [0.15, 0.2) is 5.82 Å². The minimum absolute atomic E-state index is 0.121. The molecule has 1 aliphatic heterocycles. The van der Waals surface area contributed by atoms with Gasteiger partial charge in [-0.3, -0.25) is 0 Å².